The van der Waals surface area contributed by atoms with Crippen molar-refractivity contribution < 1.29 is 19.1 Å². The van der Waals surface area contributed by atoms with Crippen LogP contribution in [0.25, 0.3) is 0 Å². The highest BCUT2D eigenvalue weighted by Gasteiger charge is 2.20. The monoisotopic (exact) mass is 377 g/mol. The van der Waals surface area contributed by atoms with Crippen molar-refractivity contribution in [2.24, 2.45) is 5.73 Å². The van der Waals surface area contributed by atoms with Crippen molar-refractivity contribution in [2.45, 2.75) is 31.7 Å². The zero-order chi connectivity index (χ0) is 19.1. The molecule has 0 bridgehead atoms. The molecule has 0 spiro atoms. The van der Waals surface area contributed by atoms with Crippen molar-refractivity contribution in [3.05, 3.63) is 41.7 Å². The number of hydrogen-bond donors (Lipinski definition) is 2. The van der Waals surface area contributed by atoms with Gasteiger partial charge in [-0.15, -0.1) is 10.2 Å². The van der Waals surface area contributed by atoms with Crippen molar-refractivity contribution >= 4 is 29.7 Å². The van der Waals surface area contributed by atoms with E-state index in [1.54, 1.807) is 0 Å². The number of aryl methyl sites for hydroxylation is 1. The van der Waals surface area contributed by atoms with Gasteiger partial charge < -0.3 is 15.0 Å². The summed E-state index contributed by atoms with van der Waals surface area (Å²) in [6, 6.07) is 8.79. The van der Waals surface area contributed by atoms with Gasteiger partial charge in [-0.05, 0) is 19.4 Å². The summed E-state index contributed by atoms with van der Waals surface area (Å²) >= 11 is 1.15. The predicted molar refractivity (Wildman–Crippen MR) is 94.3 cm³/mol. The summed E-state index contributed by atoms with van der Waals surface area (Å²) in [5.41, 5.74) is 5.93. The van der Waals surface area contributed by atoms with Crippen molar-refractivity contribution in [2.75, 3.05) is 5.75 Å². The maximum absolute atomic E-state index is 11.9. The minimum atomic E-state index is -1.13. The van der Waals surface area contributed by atoms with Gasteiger partial charge in [0, 0.05) is 0 Å². The largest absolute Gasteiger partial charge is 0.452 e. The molecule has 138 valence electrons. The minimum Gasteiger partial charge on any atom is -0.452 e. The molecule has 0 fully saturated rings. The number of benzene rings is 1. The van der Waals surface area contributed by atoms with Gasteiger partial charge in [0.15, 0.2) is 11.3 Å². The summed E-state index contributed by atoms with van der Waals surface area (Å²) in [4.78, 5) is 34.0. The Kier molecular flexibility index (Phi) is 6.73. The number of esters is 1. The molecule has 26 heavy (non-hydrogen) atoms. The van der Waals surface area contributed by atoms with Crippen molar-refractivity contribution in [1.29, 1.82) is 0 Å². The number of nitrogens with two attached hydrogens (primary N) is 1. The zero-order valence-electron chi connectivity index (χ0n) is 14.3. The second kappa shape index (κ2) is 8.99. The lowest BCUT2D eigenvalue weighted by Crippen LogP contribution is -2.42. The Morgan fingerprint density at radius 1 is 1.27 bits per heavy atom. The molecule has 0 aliphatic heterocycles. The Balaban J connectivity index is 1.92. The van der Waals surface area contributed by atoms with E-state index in [0.29, 0.717) is 11.7 Å². The van der Waals surface area contributed by atoms with Crippen LogP contribution in [-0.4, -0.2) is 44.5 Å². The lowest BCUT2D eigenvalue weighted by molar-refractivity contribution is -0.151. The van der Waals surface area contributed by atoms with Gasteiger partial charge in [-0.1, -0.05) is 42.1 Å². The number of carbonyl (C=O) groups is 3. The van der Waals surface area contributed by atoms with Crippen molar-refractivity contribution in [1.82, 2.24) is 20.1 Å². The first-order chi connectivity index (χ1) is 12.4. The molecule has 10 heteroatoms. The SMILES string of the molecule is Cc1nnc(SCC(=O)O[C@H](C)C(=O)NC(N)=O)n1Cc1ccccc1. The fourth-order valence-electron chi connectivity index (χ4n) is 2.05. The Hall–Kier alpha value is -2.88. The lowest BCUT2D eigenvalue weighted by atomic mass is 10.2. The molecule has 0 saturated heterocycles. The van der Waals surface area contributed by atoms with Crippen LogP contribution in [0.2, 0.25) is 0 Å². The van der Waals surface area contributed by atoms with Gasteiger partial charge in [-0.3, -0.25) is 14.9 Å². The normalized spacial score (nSPS) is 11.6. The number of urea groups is 1. The van der Waals surface area contributed by atoms with Crippen molar-refractivity contribution in [3.63, 3.8) is 0 Å². The van der Waals surface area contributed by atoms with Gasteiger partial charge in [-0.25, -0.2) is 4.79 Å². The van der Waals surface area contributed by atoms with E-state index < -0.39 is 24.0 Å². The number of carbonyl (C=O) groups excluding carboxylic acids is 3. The molecular formula is C16H19N5O4S. The fourth-order valence-corrected chi connectivity index (χ4v) is 2.81. The van der Waals surface area contributed by atoms with E-state index in [1.165, 1.54) is 6.92 Å². The number of nitrogens with zero attached hydrogens (tertiary/aromatic N) is 3. The molecule has 2 aromatic rings. The van der Waals surface area contributed by atoms with E-state index in [0.717, 1.165) is 23.1 Å². The van der Waals surface area contributed by atoms with Gasteiger partial charge in [0.25, 0.3) is 5.91 Å². The van der Waals surface area contributed by atoms with Crippen LogP contribution in [0.5, 0.6) is 0 Å². The first-order valence-electron chi connectivity index (χ1n) is 7.73. The highest BCUT2D eigenvalue weighted by molar-refractivity contribution is 7.99. The summed E-state index contributed by atoms with van der Waals surface area (Å²) in [7, 11) is 0. The highest BCUT2D eigenvalue weighted by Crippen LogP contribution is 2.19. The van der Waals surface area contributed by atoms with Gasteiger partial charge in [0.1, 0.15) is 5.82 Å². The third-order valence-electron chi connectivity index (χ3n) is 3.33. The molecule has 0 radical (unpaired) electrons. The van der Waals surface area contributed by atoms with Gasteiger partial charge in [-0.2, -0.15) is 0 Å². The van der Waals surface area contributed by atoms with Crippen molar-refractivity contribution in [3.8, 4) is 0 Å². The molecule has 2 rings (SSSR count). The van der Waals surface area contributed by atoms with Crippen LogP contribution in [0.4, 0.5) is 4.79 Å². The molecule has 0 aliphatic rings. The van der Waals surface area contributed by atoms with Crippen LogP contribution in [0, 0.1) is 6.92 Å². The number of primary amides is 1. The molecule has 3 amide bonds. The maximum Gasteiger partial charge on any atom is 0.318 e. The first kappa shape index (κ1) is 19.4. The van der Waals surface area contributed by atoms with Crippen LogP contribution in [-0.2, 0) is 20.9 Å². The number of thioether (sulfide) groups is 1. The average Bonchev–Trinajstić information content (AvgIpc) is 2.93. The zero-order valence-corrected chi connectivity index (χ0v) is 15.2. The Bertz CT molecular complexity index is 793. The number of ether oxygens (including phenoxy) is 1. The summed E-state index contributed by atoms with van der Waals surface area (Å²) in [6.07, 6.45) is -1.13. The number of rotatable bonds is 7. The second-order valence-electron chi connectivity index (χ2n) is 5.38. The molecule has 0 saturated carbocycles. The summed E-state index contributed by atoms with van der Waals surface area (Å²) in [6.45, 7) is 3.76. The predicted octanol–water partition coefficient (Wildman–Crippen LogP) is 0.854. The molecule has 9 nitrogen and oxygen atoms in total. The van der Waals surface area contributed by atoms with Crippen LogP contribution < -0.4 is 11.1 Å². The number of imide groups is 1. The number of hydrogen-bond acceptors (Lipinski definition) is 7. The van der Waals surface area contributed by atoms with E-state index in [4.69, 9.17) is 10.5 Å². The van der Waals surface area contributed by atoms with E-state index in [1.807, 2.05) is 47.1 Å². The van der Waals surface area contributed by atoms with Crippen LogP contribution >= 0.6 is 11.8 Å². The number of aromatic nitrogens is 3. The van der Waals surface area contributed by atoms with E-state index in [2.05, 4.69) is 10.2 Å². The lowest BCUT2D eigenvalue weighted by Gasteiger charge is -2.12. The molecule has 1 aromatic heterocycles. The van der Waals surface area contributed by atoms with Gasteiger partial charge >= 0.3 is 12.0 Å². The topological polar surface area (TPSA) is 129 Å². The molecule has 1 aromatic carbocycles. The van der Waals surface area contributed by atoms with E-state index in [-0.39, 0.29) is 5.75 Å². The molecule has 1 heterocycles. The van der Waals surface area contributed by atoms with Gasteiger partial charge in [0.2, 0.25) is 0 Å². The highest BCUT2D eigenvalue weighted by atomic mass is 32.2. The van der Waals surface area contributed by atoms with E-state index in [9.17, 15) is 14.4 Å². The third kappa shape index (κ3) is 5.59. The smallest absolute Gasteiger partial charge is 0.318 e. The van der Waals surface area contributed by atoms with Gasteiger partial charge in [0.05, 0.1) is 12.3 Å². The molecule has 3 N–H and O–H groups in total. The molecule has 0 aliphatic carbocycles. The minimum absolute atomic E-state index is 0.0544. The Labute approximate surface area is 154 Å². The second-order valence-corrected chi connectivity index (χ2v) is 6.32. The number of nitrogens with one attached hydrogen (secondary N) is 1. The fraction of sp³-hybridized carbons (Fsp3) is 0.312. The first-order valence-corrected chi connectivity index (χ1v) is 8.71. The maximum atomic E-state index is 11.9. The Morgan fingerprint density at radius 2 is 1.96 bits per heavy atom. The summed E-state index contributed by atoms with van der Waals surface area (Å²) in [5.74, 6) is -0.729. The average molecular weight is 377 g/mol. The molecule has 0 unspecified atom stereocenters. The molecular weight excluding hydrogens is 358 g/mol. The summed E-state index contributed by atoms with van der Waals surface area (Å²) < 4.78 is 6.85. The quantitative estimate of drug-likeness (QED) is 0.540. The summed E-state index contributed by atoms with van der Waals surface area (Å²) in [5, 5.41) is 10.5. The molecule has 1 atom stereocenters. The number of amides is 3. The van der Waals surface area contributed by atoms with Crippen LogP contribution in [0.15, 0.2) is 35.5 Å². The van der Waals surface area contributed by atoms with E-state index >= 15 is 0 Å². The standard InChI is InChI=1S/C16H19N5O4S/c1-10(14(23)18-15(17)24)25-13(22)9-26-16-20-19-11(2)21(16)8-12-6-4-3-5-7-12/h3-7,10H,8-9H2,1-2H3,(H3,17,18,23,24)/t10-/m1/s1. The van der Waals surface area contributed by atoms with Crippen LogP contribution in [0.3, 0.4) is 0 Å². The van der Waals surface area contributed by atoms with Crippen LogP contribution in [0.1, 0.15) is 18.3 Å². The Morgan fingerprint density at radius 3 is 2.62 bits per heavy atom. The third-order valence-corrected chi connectivity index (χ3v) is 4.27.